The SMILES string of the molecule is CN(C)c1ccc(C(=O)OCc2cc(-c3ccc4c(c3)OCCO4)on2)cc1. The van der Waals surface area contributed by atoms with E-state index in [-0.39, 0.29) is 6.61 Å². The van der Waals surface area contributed by atoms with Crippen LogP contribution < -0.4 is 14.4 Å². The van der Waals surface area contributed by atoms with Gasteiger partial charge in [-0.25, -0.2) is 4.79 Å². The zero-order chi connectivity index (χ0) is 19.5. The molecule has 2 heterocycles. The third-order valence-electron chi connectivity index (χ3n) is 4.36. The number of aromatic nitrogens is 1. The minimum absolute atomic E-state index is 0.0301. The second kappa shape index (κ2) is 7.64. The standard InChI is InChI=1S/C21H20N2O5/c1-23(2)17-6-3-14(4-7-17)21(24)27-13-16-12-19(28-22-16)15-5-8-18-20(11-15)26-10-9-25-18/h3-8,11-12H,9-10,13H2,1-2H3. The molecule has 28 heavy (non-hydrogen) atoms. The summed E-state index contributed by atoms with van der Waals surface area (Å²) in [5.74, 6) is 1.55. The molecule has 0 radical (unpaired) electrons. The van der Waals surface area contributed by atoms with E-state index in [4.69, 9.17) is 18.7 Å². The van der Waals surface area contributed by atoms with Crippen molar-refractivity contribution in [1.82, 2.24) is 5.16 Å². The first-order chi connectivity index (χ1) is 13.6. The van der Waals surface area contributed by atoms with Crippen LogP contribution in [0.15, 0.2) is 53.1 Å². The van der Waals surface area contributed by atoms with Crippen LogP contribution in [-0.4, -0.2) is 38.4 Å². The molecule has 1 aliphatic rings. The fourth-order valence-electron chi connectivity index (χ4n) is 2.83. The lowest BCUT2D eigenvalue weighted by molar-refractivity contribution is 0.0464. The quantitative estimate of drug-likeness (QED) is 0.627. The largest absolute Gasteiger partial charge is 0.486 e. The topological polar surface area (TPSA) is 74.0 Å². The third-order valence-corrected chi connectivity index (χ3v) is 4.36. The summed E-state index contributed by atoms with van der Waals surface area (Å²) < 4.78 is 21.8. The minimum atomic E-state index is -0.408. The molecule has 4 rings (SSSR count). The number of carbonyl (C=O) groups excluding carboxylic acids is 1. The van der Waals surface area contributed by atoms with Gasteiger partial charge in [-0.3, -0.25) is 0 Å². The number of rotatable bonds is 5. The minimum Gasteiger partial charge on any atom is -0.486 e. The number of carbonyl (C=O) groups is 1. The van der Waals surface area contributed by atoms with Crippen molar-refractivity contribution in [2.45, 2.75) is 6.61 Å². The lowest BCUT2D eigenvalue weighted by Crippen LogP contribution is -2.15. The molecule has 0 amide bonds. The van der Waals surface area contributed by atoms with Gasteiger partial charge in [0.05, 0.1) is 5.56 Å². The molecule has 0 saturated heterocycles. The van der Waals surface area contributed by atoms with E-state index in [9.17, 15) is 4.79 Å². The van der Waals surface area contributed by atoms with E-state index >= 15 is 0 Å². The van der Waals surface area contributed by atoms with Gasteiger partial charge in [0.15, 0.2) is 17.3 Å². The fraction of sp³-hybridized carbons (Fsp3) is 0.238. The van der Waals surface area contributed by atoms with Gasteiger partial charge in [-0.1, -0.05) is 5.16 Å². The van der Waals surface area contributed by atoms with Crippen molar-refractivity contribution in [1.29, 1.82) is 0 Å². The summed E-state index contributed by atoms with van der Waals surface area (Å²) in [5.41, 5.74) is 2.84. The summed E-state index contributed by atoms with van der Waals surface area (Å²) in [6.07, 6.45) is 0. The van der Waals surface area contributed by atoms with Gasteiger partial charge in [-0.2, -0.15) is 0 Å². The molecule has 0 N–H and O–H groups in total. The highest BCUT2D eigenvalue weighted by Gasteiger charge is 2.15. The Balaban J connectivity index is 1.40. The van der Waals surface area contributed by atoms with Crippen LogP contribution in [0.4, 0.5) is 5.69 Å². The van der Waals surface area contributed by atoms with Gasteiger partial charge in [0.2, 0.25) is 0 Å². The highest BCUT2D eigenvalue weighted by atomic mass is 16.6. The Kier molecular flexibility index (Phi) is 4.89. The van der Waals surface area contributed by atoms with Crippen LogP contribution >= 0.6 is 0 Å². The Morgan fingerprint density at radius 3 is 2.54 bits per heavy atom. The molecular weight excluding hydrogens is 360 g/mol. The number of nitrogens with zero attached hydrogens (tertiary/aromatic N) is 2. The van der Waals surface area contributed by atoms with E-state index in [0.717, 1.165) is 11.3 Å². The van der Waals surface area contributed by atoms with Gasteiger partial charge in [-0.15, -0.1) is 0 Å². The van der Waals surface area contributed by atoms with Crippen molar-refractivity contribution in [2.24, 2.45) is 0 Å². The second-order valence-corrected chi connectivity index (χ2v) is 6.56. The van der Waals surface area contributed by atoms with Gasteiger partial charge >= 0.3 is 5.97 Å². The van der Waals surface area contributed by atoms with E-state index in [1.807, 2.05) is 49.3 Å². The molecule has 3 aromatic rings. The van der Waals surface area contributed by atoms with Gasteiger partial charge in [-0.05, 0) is 42.5 Å². The number of anilines is 1. The first-order valence-electron chi connectivity index (χ1n) is 8.90. The molecule has 0 unspecified atom stereocenters. The zero-order valence-electron chi connectivity index (χ0n) is 15.7. The number of hydrogen-bond acceptors (Lipinski definition) is 7. The smallest absolute Gasteiger partial charge is 0.338 e. The zero-order valence-corrected chi connectivity index (χ0v) is 15.7. The number of esters is 1. The first kappa shape index (κ1) is 17.9. The third kappa shape index (κ3) is 3.78. The Morgan fingerprint density at radius 2 is 1.79 bits per heavy atom. The first-order valence-corrected chi connectivity index (χ1v) is 8.90. The summed E-state index contributed by atoms with van der Waals surface area (Å²) in [6.45, 7) is 1.09. The number of hydrogen-bond donors (Lipinski definition) is 0. The van der Waals surface area contributed by atoms with Gasteiger partial charge < -0.3 is 23.6 Å². The van der Waals surface area contributed by atoms with E-state index in [1.54, 1.807) is 18.2 Å². The van der Waals surface area contributed by atoms with Crippen LogP contribution in [0, 0.1) is 0 Å². The lowest BCUT2D eigenvalue weighted by Gasteiger charge is -2.18. The molecule has 7 heteroatoms. The Morgan fingerprint density at radius 1 is 1.04 bits per heavy atom. The van der Waals surface area contributed by atoms with Crippen molar-refractivity contribution < 1.29 is 23.5 Å². The monoisotopic (exact) mass is 380 g/mol. The molecule has 0 spiro atoms. The lowest BCUT2D eigenvalue weighted by atomic mass is 10.1. The molecule has 0 saturated carbocycles. The van der Waals surface area contributed by atoms with Gasteiger partial charge in [0.25, 0.3) is 0 Å². The highest BCUT2D eigenvalue weighted by molar-refractivity contribution is 5.89. The molecule has 1 aromatic heterocycles. The maximum atomic E-state index is 12.2. The summed E-state index contributed by atoms with van der Waals surface area (Å²) >= 11 is 0. The Labute approximate surface area is 162 Å². The Bertz CT molecular complexity index is 979. The number of benzene rings is 2. The number of ether oxygens (including phenoxy) is 3. The summed E-state index contributed by atoms with van der Waals surface area (Å²) in [7, 11) is 3.88. The van der Waals surface area contributed by atoms with Crippen molar-refractivity contribution in [3.63, 3.8) is 0 Å². The predicted molar refractivity (Wildman–Crippen MR) is 103 cm³/mol. The molecular formula is C21H20N2O5. The molecule has 2 aromatic carbocycles. The predicted octanol–water partition coefficient (Wildman–Crippen LogP) is 3.54. The van der Waals surface area contributed by atoms with Crippen LogP contribution in [0.25, 0.3) is 11.3 Å². The van der Waals surface area contributed by atoms with Gasteiger partial charge in [0.1, 0.15) is 25.5 Å². The van der Waals surface area contributed by atoms with Crippen LogP contribution in [0.1, 0.15) is 16.1 Å². The van der Waals surface area contributed by atoms with Gasteiger partial charge in [0, 0.05) is 31.4 Å². The van der Waals surface area contributed by atoms with E-state index < -0.39 is 5.97 Å². The summed E-state index contributed by atoms with van der Waals surface area (Å²) in [5, 5.41) is 3.98. The fourth-order valence-corrected chi connectivity index (χ4v) is 2.83. The summed E-state index contributed by atoms with van der Waals surface area (Å²) in [6, 6.07) is 14.5. The molecule has 1 aliphatic heterocycles. The van der Waals surface area contributed by atoms with Crippen LogP contribution in [-0.2, 0) is 11.3 Å². The molecule has 0 fully saturated rings. The maximum Gasteiger partial charge on any atom is 0.338 e. The Hall–Kier alpha value is -3.48. The second-order valence-electron chi connectivity index (χ2n) is 6.56. The highest BCUT2D eigenvalue weighted by Crippen LogP contribution is 2.34. The van der Waals surface area contributed by atoms with Crippen molar-refractivity contribution in [3.05, 3.63) is 59.8 Å². The molecule has 144 valence electrons. The molecule has 0 atom stereocenters. The summed E-state index contributed by atoms with van der Waals surface area (Å²) in [4.78, 5) is 14.2. The molecule has 0 bridgehead atoms. The molecule has 0 aliphatic carbocycles. The average molecular weight is 380 g/mol. The van der Waals surface area contributed by atoms with Crippen LogP contribution in [0.3, 0.4) is 0 Å². The average Bonchev–Trinajstić information content (AvgIpc) is 3.21. The van der Waals surface area contributed by atoms with E-state index in [0.29, 0.717) is 41.7 Å². The maximum absolute atomic E-state index is 12.2. The van der Waals surface area contributed by atoms with E-state index in [2.05, 4.69) is 5.16 Å². The molecule has 7 nitrogen and oxygen atoms in total. The van der Waals surface area contributed by atoms with Crippen LogP contribution in [0.5, 0.6) is 11.5 Å². The van der Waals surface area contributed by atoms with E-state index in [1.165, 1.54) is 0 Å². The van der Waals surface area contributed by atoms with Crippen molar-refractivity contribution in [3.8, 4) is 22.8 Å². The normalized spacial score (nSPS) is 12.5. The van der Waals surface area contributed by atoms with Crippen molar-refractivity contribution >= 4 is 11.7 Å². The van der Waals surface area contributed by atoms with Crippen LogP contribution in [0.2, 0.25) is 0 Å². The number of fused-ring (bicyclic) bond motifs is 1. The van der Waals surface area contributed by atoms with Crippen molar-refractivity contribution in [2.75, 3.05) is 32.2 Å².